The highest BCUT2D eigenvalue weighted by Crippen LogP contribution is 2.28. The van der Waals surface area contributed by atoms with Crippen LogP contribution in [0.2, 0.25) is 5.02 Å². The first-order chi connectivity index (χ1) is 17.4. The van der Waals surface area contributed by atoms with E-state index in [0.29, 0.717) is 65.1 Å². The van der Waals surface area contributed by atoms with E-state index in [0.717, 1.165) is 12.1 Å². The molecule has 0 spiro atoms. The Morgan fingerprint density at radius 3 is 2.42 bits per heavy atom. The van der Waals surface area contributed by atoms with Crippen molar-refractivity contribution in [1.82, 2.24) is 19.9 Å². The van der Waals surface area contributed by atoms with Gasteiger partial charge in [0.05, 0.1) is 11.2 Å². The fourth-order valence-corrected chi connectivity index (χ4v) is 4.11. The average molecular weight is 511 g/mol. The summed E-state index contributed by atoms with van der Waals surface area (Å²) in [6, 6.07) is 13.8. The number of nitrogens with zero attached hydrogens (tertiary/aromatic N) is 5. The molecule has 2 aromatic carbocycles. The van der Waals surface area contributed by atoms with Gasteiger partial charge in [-0.25, -0.2) is 18.7 Å². The lowest BCUT2D eigenvalue weighted by Crippen LogP contribution is -2.50. The van der Waals surface area contributed by atoms with Gasteiger partial charge in [-0.1, -0.05) is 11.6 Å². The van der Waals surface area contributed by atoms with Crippen molar-refractivity contribution in [1.29, 1.82) is 0 Å². The van der Waals surface area contributed by atoms with Crippen molar-refractivity contribution in [2.75, 3.05) is 43.4 Å². The van der Waals surface area contributed by atoms with Gasteiger partial charge in [0.1, 0.15) is 11.3 Å². The second kappa shape index (κ2) is 9.90. The zero-order valence-corrected chi connectivity index (χ0v) is 19.8. The average Bonchev–Trinajstić information content (AvgIpc) is 2.89. The van der Waals surface area contributed by atoms with Crippen LogP contribution in [0.5, 0.6) is 5.75 Å². The van der Waals surface area contributed by atoms with Crippen LogP contribution in [0.3, 0.4) is 0 Å². The summed E-state index contributed by atoms with van der Waals surface area (Å²) in [5.41, 5.74) is 7.82. The Balaban J connectivity index is 1.32. The number of rotatable bonds is 5. The summed E-state index contributed by atoms with van der Waals surface area (Å²) in [7, 11) is 0. The number of hydrogen-bond acceptors (Lipinski definition) is 7. The zero-order valence-electron chi connectivity index (χ0n) is 19.0. The number of anilines is 2. The van der Waals surface area contributed by atoms with E-state index in [4.69, 9.17) is 22.1 Å². The number of piperazine rings is 1. The van der Waals surface area contributed by atoms with E-state index in [-0.39, 0.29) is 18.5 Å². The Bertz CT molecular complexity index is 1430. The Morgan fingerprint density at radius 2 is 1.69 bits per heavy atom. The molecule has 8 nitrogen and oxygen atoms in total. The topological polar surface area (TPSA) is 97.5 Å². The molecule has 184 valence electrons. The van der Waals surface area contributed by atoms with E-state index in [1.807, 2.05) is 4.90 Å². The van der Waals surface area contributed by atoms with Crippen molar-refractivity contribution in [3.8, 4) is 17.0 Å². The number of nitrogens with two attached hydrogens (primary N) is 1. The number of hydrogen-bond donors (Lipinski definition) is 1. The number of amides is 1. The molecule has 1 fully saturated rings. The molecule has 0 saturated carbocycles. The molecule has 36 heavy (non-hydrogen) atoms. The van der Waals surface area contributed by atoms with Gasteiger partial charge in [0.2, 0.25) is 5.95 Å². The van der Waals surface area contributed by atoms with Gasteiger partial charge < -0.3 is 20.3 Å². The van der Waals surface area contributed by atoms with Crippen LogP contribution in [0.4, 0.5) is 20.5 Å². The number of fused-ring (bicyclic) bond motifs is 1. The smallest absolute Gasteiger partial charge is 0.260 e. The van der Waals surface area contributed by atoms with Crippen molar-refractivity contribution in [2.45, 2.75) is 0 Å². The Hall–Kier alpha value is -4.05. The minimum Gasteiger partial charge on any atom is -0.484 e. The van der Waals surface area contributed by atoms with E-state index in [9.17, 15) is 13.6 Å². The van der Waals surface area contributed by atoms with E-state index >= 15 is 0 Å². The first kappa shape index (κ1) is 23.7. The third-order valence-corrected chi connectivity index (χ3v) is 6.12. The van der Waals surface area contributed by atoms with Crippen LogP contribution < -0.4 is 15.4 Å². The molecule has 1 saturated heterocycles. The highest BCUT2D eigenvalue weighted by Gasteiger charge is 2.25. The molecule has 2 aromatic heterocycles. The summed E-state index contributed by atoms with van der Waals surface area (Å²) in [6.07, 6.45) is 0. The van der Waals surface area contributed by atoms with Gasteiger partial charge >= 0.3 is 0 Å². The minimum atomic E-state index is -0.955. The monoisotopic (exact) mass is 510 g/mol. The fraction of sp³-hybridized carbons (Fsp3) is 0.200. The predicted octanol–water partition coefficient (Wildman–Crippen LogP) is 3.93. The number of carbonyl (C=O) groups excluding carboxylic acids is 1. The normalized spacial score (nSPS) is 13.8. The van der Waals surface area contributed by atoms with Gasteiger partial charge in [-0.3, -0.25) is 4.79 Å². The third kappa shape index (κ3) is 4.99. The lowest BCUT2D eigenvalue weighted by Gasteiger charge is -2.35. The van der Waals surface area contributed by atoms with E-state index in [2.05, 4.69) is 15.0 Å². The molecule has 0 aliphatic carbocycles. The molecule has 3 heterocycles. The van der Waals surface area contributed by atoms with Crippen molar-refractivity contribution >= 4 is 40.3 Å². The Morgan fingerprint density at radius 1 is 0.944 bits per heavy atom. The molecule has 1 aliphatic rings. The molecule has 1 aliphatic heterocycles. The summed E-state index contributed by atoms with van der Waals surface area (Å²) in [4.78, 5) is 29.6. The summed E-state index contributed by atoms with van der Waals surface area (Å²) < 4.78 is 32.7. The van der Waals surface area contributed by atoms with Crippen molar-refractivity contribution < 1.29 is 18.3 Å². The first-order valence-corrected chi connectivity index (χ1v) is 11.6. The molecule has 2 N–H and O–H groups in total. The van der Waals surface area contributed by atoms with Crippen LogP contribution in [0.15, 0.2) is 54.6 Å². The molecule has 0 unspecified atom stereocenters. The Kier molecular flexibility index (Phi) is 6.51. The van der Waals surface area contributed by atoms with Crippen LogP contribution in [-0.2, 0) is 4.79 Å². The third-order valence-electron chi connectivity index (χ3n) is 5.86. The molecular weight excluding hydrogens is 490 g/mol. The quantitative estimate of drug-likeness (QED) is 0.434. The molecular formula is C25H21ClF2N6O2. The van der Waals surface area contributed by atoms with Gasteiger partial charge in [-0.15, -0.1) is 0 Å². The van der Waals surface area contributed by atoms with Gasteiger partial charge in [0, 0.05) is 36.8 Å². The lowest BCUT2D eigenvalue weighted by atomic mass is 10.1. The number of nitrogen functional groups attached to an aromatic ring is 1. The van der Waals surface area contributed by atoms with Crippen LogP contribution in [0.1, 0.15) is 0 Å². The second-order valence-corrected chi connectivity index (χ2v) is 8.65. The lowest BCUT2D eigenvalue weighted by molar-refractivity contribution is -0.133. The molecule has 0 radical (unpaired) electrons. The van der Waals surface area contributed by atoms with Gasteiger partial charge in [-0.05, 0) is 54.6 Å². The summed E-state index contributed by atoms with van der Waals surface area (Å²) >= 11 is 5.87. The highest BCUT2D eigenvalue weighted by atomic mass is 35.5. The van der Waals surface area contributed by atoms with Gasteiger partial charge in [-0.2, -0.15) is 4.98 Å². The van der Waals surface area contributed by atoms with E-state index in [1.165, 1.54) is 6.07 Å². The SMILES string of the molecule is Nc1nc(N2CCN(C(=O)COc3ccc(Cl)cc3)CC2)c2nc(-c3ccc(F)c(F)c3)ccc2n1. The predicted molar refractivity (Wildman–Crippen MR) is 133 cm³/mol. The maximum absolute atomic E-state index is 13.8. The van der Waals surface area contributed by atoms with Crippen LogP contribution >= 0.6 is 11.6 Å². The van der Waals surface area contributed by atoms with Crippen LogP contribution in [0.25, 0.3) is 22.3 Å². The molecule has 11 heteroatoms. The Labute approximate surface area is 210 Å². The number of benzene rings is 2. The molecule has 4 aromatic rings. The number of carbonyl (C=O) groups is 1. The van der Waals surface area contributed by atoms with Crippen molar-refractivity contribution in [2.24, 2.45) is 0 Å². The zero-order chi connectivity index (χ0) is 25.2. The standard InChI is InChI=1S/C25H21ClF2N6O2/c26-16-2-4-17(5-3-16)36-14-22(35)33-9-11-34(12-10-33)24-23-21(31-25(29)32-24)8-7-20(30-23)15-1-6-18(27)19(28)13-15/h1-8,13H,9-12,14H2,(H2,29,31,32). The number of halogens is 3. The summed E-state index contributed by atoms with van der Waals surface area (Å²) in [5.74, 6) is -0.833. The molecule has 0 bridgehead atoms. The van der Waals surface area contributed by atoms with Gasteiger partial charge in [0.25, 0.3) is 5.91 Å². The van der Waals surface area contributed by atoms with E-state index < -0.39 is 11.6 Å². The number of aromatic nitrogens is 3. The maximum Gasteiger partial charge on any atom is 0.260 e. The van der Waals surface area contributed by atoms with Crippen molar-refractivity contribution in [3.63, 3.8) is 0 Å². The van der Waals surface area contributed by atoms with Gasteiger partial charge in [0.15, 0.2) is 24.1 Å². The fourth-order valence-electron chi connectivity index (χ4n) is 3.99. The highest BCUT2D eigenvalue weighted by molar-refractivity contribution is 6.30. The minimum absolute atomic E-state index is 0.0792. The maximum atomic E-state index is 13.8. The molecule has 1 amide bonds. The van der Waals surface area contributed by atoms with Crippen LogP contribution in [0, 0.1) is 11.6 Å². The molecule has 5 rings (SSSR count). The van der Waals surface area contributed by atoms with Crippen molar-refractivity contribution in [3.05, 3.63) is 71.3 Å². The second-order valence-electron chi connectivity index (χ2n) is 8.21. The van der Waals surface area contributed by atoms with Crippen LogP contribution in [-0.4, -0.2) is 58.5 Å². The summed E-state index contributed by atoms with van der Waals surface area (Å²) in [6.45, 7) is 1.82. The first-order valence-electron chi connectivity index (χ1n) is 11.2. The summed E-state index contributed by atoms with van der Waals surface area (Å²) in [5, 5.41) is 0.592. The molecule has 0 atom stereocenters. The number of ether oxygens (including phenoxy) is 1. The van der Waals surface area contributed by atoms with E-state index in [1.54, 1.807) is 41.3 Å². The number of pyridine rings is 1. The largest absolute Gasteiger partial charge is 0.484 e.